The Morgan fingerprint density at radius 1 is 1.06 bits per heavy atom. The number of nitrogens with one attached hydrogen (secondary N) is 1. The fraction of sp³-hybridized carbons (Fsp3) is 0.385. The molecule has 4 N–H and O–H groups in total. The van der Waals surface area contributed by atoms with Crippen molar-refractivity contribution in [3.8, 4) is 22.6 Å². The van der Waals surface area contributed by atoms with Gasteiger partial charge in [0.2, 0.25) is 0 Å². The van der Waals surface area contributed by atoms with Crippen molar-refractivity contribution >= 4 is 22.4 Å². The number of phenolic OH excluding ortho intramolecular Hbond substituents is 1. The van der Waals surface area contributed by atoms with E-state index in [1.807, 2.05) is 24.3 Å². The van der Waals surface area contributed by atoms with Gasteiger partial charge < -0.3 is 20.9 Å². The Bertz CT molecular complexity index is 1160. The van der Waals surface area contributed by atoms with Gasteiger partial charge in [-0.15, -0.1) is 0 Å². The predicted octanol–water partition coefficient (Wildman–Crippen LogP) is 4.89. The summed E-state index contributed by atoms with van der Waals surface area (Å²) in [4.78, 5) is 17.7. The number of ketones is 1. The van der Waals surface area contributed by atoms with Gasteiger partial charge in [-0.25, -0.2) is 0 Å². The third-order valence-corrected chi connectivity index (χ3v) is 6.71. The maximum Gasteiger partial charge on any atom is 0.169 e. The molecule has 0 spiro atoms. The number of benzene rings is 2. The van der Waals surface area contributed by atoms with Gasteiger partial charge in [-0.3, -0.25) is 9.78 Å². The van der Waals surface area contributed by atoms with Gasteiger partial charge in [0.05, 0.1) is 23.9 Å². The second-order valence-corrected chi connectivity index (χ2v) is 9.06. The van der Waals surface area contributed by atoms with Crippen molar-refractivity contribution in [2.24, 2.45) is 11.7 Å². The molecule has 0 aliphatic heterocycles. The maximum atomic E-state index is 13.1. The molecule has 1 heterocycles. The topological polar surface area (TPSA) is 97.5 Å². The van der Waals surface area contributed by atoms with E-state index in [0.717, 1.165) is 66.2 Å². The fourth-order valence-electron chi connectivity index (χ4n) is 4.60. The lowest BCUT2D eigenvalue weighted by Crippen LogP contribution is -2.33. The number of pyridine rings is 1. The summed E-state index contributed by atoms with van der Waals surface area (Å²) in [6.07, 6.45) is 7.64. The van der Waals surface area contributed by atoms with Crippen LogP contribution in [-0.4, -0.2) is 35.1 Å². The van der Waals surface area contributed by atoms with Gasteiger partial charge in [-0.05, 0) is 73.9 Å². The quantitative estimate of drug-likeness (QED) is 0.481. The molecule has 1 aromatic heterocycles. The summed E-state index contributed by atoms with van der Waals surface area (Å²) in [6, 6.07) is 11.9. The third kappa shape index (κ3) is 4.02. The van der Waals surface area contributed by atoms with Gasteiger partial charge in [0.15, 0.2) is 17.3 Å². The molecular formula is C26H29N3O3. The summed E-state index contributed by atoms with van der Waals surface area (Å²) in [5.74, 6) is 0.842. The number of nitrogens with zero attached hydrogens (tertiary/aromatic N) is 1. The molecule has 0 amide bonds. The van der Waals surface area contributed by atoms with Crippen molar-refractivity contribution in [2.45, 2.75) is 50.6 Å². The van der Waals surface area contributed by atoms with Crippen LogP contribution < -0.4 is 15.8 Å². The minimum atomic E-state index is 0.105. The summed E-state index contributed by atoms with van der Waals surface area (Å²) in [5, 5.41) is 14.6. The Hall–Kier alpha value is -3.12. The molecule has 166 valence electrons. The molecule has 2 aliphatic carbocycles. The number of hydrogen-bond acceptors (Lipinski definition) is 6. The Morgan fingerprint density at radius 3 is 2.50 bits per heavy atom. The first-order valence-electron chi connectivity index (χ1n) is 11.4. The number of ether oxygens (including phenoxy) is 1. The van der Waals surface area contributed by atoms with Gasteiger partial charge in [-0.1, -0.05) is 12.1 Å². The highest BCUT2D eigenvalue weighted by Gasteiger charge is 2.33. The van der Waals surface area contributed by atoms with Crippen molar-refractivity contribution in [3.63, 3.8) is 0 Å². The van der Waals surface area contributed by atoms with Crippen LogP contribution in [-0.2, 0) is 0 Å². The number of nitrogens with two attached hydrogens (primary N) is 1. The van der Waals surface area contributed by atoms with E-state index in [0.29, 0.717) is 17.4 Å². The predicted molar refractivity (Wildman–Crippen MR) is 126 cm³/mol. The van der Waals surface area contributed by atoms with Gasteiger partial charge >= 0.3 is 0 Å². The number of phenols is 1. The molecule has 0 unspecified atom stereocenters. The molecule has 32 heavy (non-hydrogen) atoms. The summed E-state index contributed by atoms with van der Waals surface area (Å²) >= 11 is 0. The average molecular weight is 432 g/mol. The first-order valence-corrected chi connectivity index (χ1v) is 11.4. The molecule has 2 aromatic carbocycles. The van der Waals surface area contributed by atoms with Crippen molar-refractivity contribution in [1.82, 2.24) is 4.98 Å². The number of rotatable bonds is 6. The third-order valence-electron chi connectivity index (χ3n) is 6.71. The summed E-state index contributed by atoms with van der Waals surface area (Å²) < 4.78 is 5.28. The van der Waals surface area contributed by atoms with Crippen LogP contribution in [0.5, 0.6) is 11.5 Å². The number of carbonyl (C=O) groups excluding carboxylic acids is 1. The fourth-order valence-corrected chi connectivity index (χ4v) is 4.60. The molecule has 6 nitrogen and oxygen atoms in total. The Kier molecular flexibility index (Phi) is 5.47. The number of anilines is 1. The monoisotopic (exact) mass is 431 g/mol. The van der Waals surface area contributed by atoms with Crippen molar-refractivity contribution in [2.75, 3.05) is 12.4 Å². The SMILES string of the molecule is COc1cc(-c2ccc3ncc(C(=O)C4CC4)c(N[C@H]4CC[C@@H](N)CC4)c3c2)ccc1O. The van der Waals surface area contributed by atoms with E-state index in [2.05, 4.69) is 16.4 Å². The summed E-state index contributed by atoms with van der Waals surface area (Å²) in [5.41, 5.74) is 10.4. The van der Waals surface area contributed by atoms with Crippen molar-refractivity contribution < 1.29 is 14.6 Å². The smallest absolute Gasteiger partial charge is 0.169 e. The molecule has 2 aliphatic rings. The zero-order valence-corrected chi connectivity index (χ0v) is 18.3. The molecule has 2 fully saturated rings. The number of Topliss-reactive ketones (excluding diaryl/α,β-unsaturated/α-hetero) is 1. The summed E-state index contributed by atoms with van der Waals surface area (Å²) in [6.45, 7) is 0. The first kappa shape index (κ1) is 20.8. The highest BCUT2D eigenvalue weighted by Crippen LogP contribution is 2.39. The van der Waals surface area contributed by atoms with E-state index >= 15 is 0 Å². The van der Waals surface area contributed by atoms with Crippen molar-refractivity contribution in [3.05, 3.63) is 48.2 Å². The largest absolute Gasteiger partial charge is 0.504 e. The zero-order chi connectivity index (χ0) is 22.2. The van der Waals surface area contributed by atoms with Crippen LogP contribution in [0.2, 0.25) is 0 Å². The molecule has 0 atom stereocenters. The minimum absolute atomic E-state index is 0.105. The second kappa shape index (κ2) is 8.43. The van der Waals surface area contributed by atoms with Gasteiger partial charge in [0.25, 0.3) is 0 Å². The molecule has 5 rings (SSSR count). The van der Waals surface area contributed by atoms with Gasteiger partial charge in [0.1, 0.15) is 0 Å². The van der Waals surface area contributed by atoms with E-state index in [9.17, 15) is 9.90 Å². The number of methoxy groups -OCH3 is 1. The van der Waals surface area contributed by atoms with Crippen LogP contribution in [0.25, 0.3) is 22.0 Å². The van der Waals surface area contributed by atoms with Crippen LogP contribution in [0.4, 0.5) is 5.69 Å². The highest BCUT2D eigenvalue weighted by molar-refractivity contribution is 6.10. The normalized spacial score (nSPS) is 20.8. The maximum absolute atomic E-state index is 13.1. The molecular weight excluding hydrogens is 402 g/mol. The highest BCUT2D eigenvalue weighted by atomic mass is 16.5. The van der Waals surface area contributed by atoms with Crippen LogP contribution in [0.1, 0.15) is 48.9 Å². The van der Waals surface area contributed by atoms with Crippen LogP contribution >= 0.6 is 0 Å². The van der Waals surface area contributed by atoms with E-state index < -0.39 is 0 Å². The van der Waals surface area contributed by atoms with Crippen molar-refractivity contribution in [1.29, 1.82) is 0 Å². The molecule has 0 radical (unpaired) electrons. The number of carbonyl (C=O) groups is 1. The standard InChI is InChI=1S/C26H29N3O3/c1-32-24-13-17(5-11-23(24)30)16-4-10-22-20(12-16)25(29-19-8-6-18(27)7-9-19)21(14-28-22)26(31)15-2-3-15/h4-5,10-15,18-19,30H,2-3,6-9,27H2,1H3,(H,28,29)/t18-,19+. The van der Waals surface area contributed by atoms with Gasteiger partial charge in [0, 0.05) is 29.6 Å². The van der Waals surface area contributed by atoms with E-state index in [1.165, 1.54) is 7.11 Å². The molecule has 0 saturated heterocycles. The lowest BCUT2D eigenvalue weighted by Gasteiger charge is -2.29. The van der Waals surface area contributed by atoms with Gasteiger partial charge in [-0.2, -0.15) is 0 Å². The molecule has 6 heteroatoms. The van der Waals surface area contributed by atoms with Crippen LogP contribution in [0, 0.1) is 5.92 Å². The molecule has 2 saturated carbocycles. The average Bonchev–Trinajstić information content (AvgIpc) is 3.66. The van der Waals surface area contributed by atoms with E-state index in [1.54, 1.807) is 12.3 Å². The zero-order valence-electron chi connectivity index (χ0n) is 18.3. The number of aromatic hydroxyl groups is 1. The lowest BCUT2D eigenvalue weighted by atomic mass is 9.91. The first-order chi connectivity index (χ1) is 15.5. The number of aromatic nitrogens is 1. The molecule has 0 bridgehead atoms. The second-order valence-electron chi connectivity index (χ2n) is 9.06. The van der Waals surface area contributed by atoms with E-state index in [-0.39, 0.29) is 23.5 Å². The number of hydrogen-bond donors (Lipinski definition) is 3. The lowest BCUT2D eigenvalue weighted by molar-refractivity contribution is 0.0968. The Balaban J connectivity index is 1.60. The Morgan fingerprint density at radius 2 is 1.78 bits per heavy atom. The summed E-state index contributed by atoms with van der Waals surface area (Å²) in [7, 11) is 1.54. The Labute approximate surface area is 187 Å². The van der Waals surface area contributed by atoms with Crippen LogP contribution in [0.3, 0.4) is 0 Å². The molecule has 3 aromatic rings. The minimum Gasteiger partial charge on any atom is -0.504 e. The van der Waals surface area contributed by atoms with E-state index in [4.69, 9.17) is 10.5 Å². The number of fused-ring (bicyclic) bond motifs is 1. The van der Waals surface area contributed by atoms with Crippen LogP contribution in [0.15, 0.2) is 42.6 Å².